The minimum Gasteiger partial charge on any atom is -0.452 e. The van der Waals surface area contributed by atoms with Gasteiger partial charge in [-0.25, -0.2) is 4.79 Å². The summed E-state index contributed by atoms with van der Waals surface area (Å²) in [5.41, 5.74) is 2.31. The number of nitrogens with one attached hydrogen (secondary N) is 1. The molecule has 26 heavy (non-hydrogen) atoms. The minimum absolute atomic E-state index is 0.0547. The second-order valence-corrected chi connectivity index (χ2v) is 7.06. The highest BCUT2D eigenvalue weighted by atomic mass is 32.2. The first kappa shape index (κ1) is 20.0. The van der Waals surface area contributed by atoms with Crippen LogP contribution in [0.4, 0.5) is 0 Å². The van der Waals surface area contributed by atoms with E-state index < -0.39 is 5.97 Å². The number of thioether (sulfide) groups is 1. The molecule has 140 valence electrons. The standard InChI is InChI=1S/C19H24N2O4S/c1-5-12(2)20-18(22)10-24-19(23)15-8-6-7-9-17(15)26-11-16-13(3)21-25-14(16)4/h6-9,12H,5,10-11H2,1-4H3,(H,20,22)/t12-/m1/s1. The molecule has 0 unspecified atom stereocenters. The molecule has 0 saturated carbocycles. The third-order valence-corrected chi connectivity index (χ3v) is 5.11. The molecular weight excluding hydrogens is 352 g/mol. The van der Waals surface area contributed by atoms with Crippen molar-refractivity contribution in [1.29, 1.82) is 0 Å². The summed E-state index contributed by atoms with van der Waals surface area (Å²) < 4.78 is 10.3. The summed E-state index contributed by atoms with van der Waals surface area (Å²) in [6.07, 6.45) is 0.820. The summed E-state index contributed by atoms with van der Waals surface area (Å²) in [5.74, 6) is 0.608. The van der Waals surface area contributed by atoms with Crippen LogP contribution in [0.2, 0.25) is 0 Å². The van der Waals surface area contributed by atoms with Crippen LogP contribution in [-0.4, -0.2) is 29.7 Å². The lowest BCUT2D eigenvalue weighted by atomic mass is 10.2. The second-order valence-electron chi connectivity index (χ2n) is 6.04. The van der Waals surface area contributed by atoms with E-state index in [4.69, 9.17) is 9.26 Å². The van der Waals surface area contributed by atoms with Crippen LogP contribution in [0.5, 0.6) is 0 Å². The zero-order valence-corrected chi connectivity index (χ0v) is 16.3. The Morgan fingerprint density at radius 3 is 2.69 bits per heavy atom. The highest BCUT2D eigenvalue weighted by Crippen LogP contribution is 2.29. The van der Waals surface area contributed by atoms with E-state index in [1.54, 1.807) is 12.1 Å². The summed E-state index contributed by atoms with van der Waals surface area (Å²) in [7, 11) is 0. The number of hydrogen-bond donors (Lipinski definition) is 1. The van der Waals surface area contributed by atoms with Gasteiger partial charge in [0.25, 0.3) is 5.91 Å². The van der Waals surface area contributed by atoms with Crippen molar-refractivity contribution in [2.75, 3.05) is 6.61 Å². The number of carbonyl (C=O) groups excluding carboxylic acids is 2. The van der Waals surface area contributed by atoms with E-state index in [2.05, 4.69) is 10.5 Å². The summed E-state index contributed by atoms with van der Waals surface area (Å²) in [6, 6.07) is 7.25. The van der Waals surface area contributed by atoms with Crippen LogP contribution in [0.25, 0.3) is 0 Å². The van der Waals surface area contributed by atoms with Crippen LogP contribution >= 0.6 is 11.8 Å². The smallest absolute Gasteiger partial charge is 0.339 e. The van der Waals surface area contributed by atoms with Crippen LogP contribution in [0.3, 0.4) is 0 Å². The van der Waals surface area contributed by atoms with Gasteiger partial charge in [-0.15, -0.1) is 11.8 Å². The maximum absolute atomic E-state index is 12.4. The molecule has 0 fully saturated rings. The molecule has 0 aliphatic carbocycles. The van der Waals surface area contributed by atoms with E-state index in [1.165, 1.54) is 11.8 Å². The Balaban J connectivity index is 1.99. The summed E-state index contributed by atoms with van der Waals surface area (Å²) in [5, 5.41) is 6.71. The Morgan fingerprint density at radius 1 is 1.31 bits per heavy atom. The minimum atomic E-state index is -0.508. The molecule has 1 N–H and O–H groups in total. The van der Waals surface area contributed by atoms with E-state index >= 15 is 0 Å². The van der Waals surface area contributed by atoms with Crippen LogP contribution in [-0.2, 0) is 15.3 Å². The molecule has 0 aliphatic rings. The molecule has 1 aromatic carbocycles. The van der Waals surface area contributed by atoms with Gasteiger partial charge in [0.1, 0.15) is 5.76 Å². The second kappa shape index (κ2) is 9.43. The van der Waals surface area contributed by atoms with Crippen molar-refractivity contribution in [2.24, 2.45) is 0 Å². The summed E-state index contributed by atoms with van der Waals surface area (Å²) in [4.78, 5) is 24.9. The van der Waals surface area contributed by atoms with Crippen molar-refractivity contribution in [3.63, 3.8) is 0 Å². The predicted molar refractivity (Wildman–Crippen MR) is 100 cm³/mol. The van der Waals surface area contributed by atoms with Gasteiger partial charge in [0, 0.05) is 22.3 Å². The molecule has 0 saturated heterocycles. The van der Waals surface area contributed by atoms with Gasteiger partial charge in [-0.3, -0.25) is 4.79 Å². The van der Waals surface area contributed by atoms with Crippen molar-refractivity contribution in [1.82, 2.24) is 10.5 Å². The van der Waals surface area contributed by atoms with E-state index in [-0.39, 0.29) is 18.6 Å². The summed E-state index contributed by atoms with van der Waals surface area (Å²) >= 11 is 1.51. The van der Waals surface area contributed by atoms with E-state index in [0.717, 1.165) is 28.3 Å². The van der Waals surface area contributed by atoms with Gasteiger partial charge in [-0.05, 0) is 39.3 Å². The van der Waals surface area contributed by atoms with Crippen LogP contribution < -0.4 is 5.32 Å². The molecule has 0 bridgehead atoms. The van der Waals surface area contributed by atoms with Crippen molar-refractivity contribution in [3.05, 3.63) is 46.8 Å². The lowest BCUT2D eigenvalue weighted by molar-refractivity contribution is -0.124. The van der Waals surface area contributed by atoms with Crippen LogP contribution in [0.15, 0.2) is 33.7 Å². The van der Waals surface area contributed by atoms with E-state index in [0.29, 0.717) is 11.3 Å². The van der Waals surface area contributed by atoms with E-state index in [9.17, 15) is 9.59 Å². The monoisotopic (exact) mass is 376 g/mol. The Labute approximate surface area is 157 Å². The maximum atomic E-state index is 12.4. The average molecular weight is 376 g/mol. The number of benzene rings is 1. The normalized spacial score (nSPS) is 11.8. The fourth-order valence-electron chi connectivity index (χ4n) is 2.25. The topological polar surface area (TPSA) is 81.4 Å². The molecule has 2 aromatic rings. The third kappa shape index (κ3) is 5.36. The van der Waals surface area contributed by atoms with Crippen molar-refractivity contribution >= 4 is 23.6 Å². The molecule has 6 nitrogen and oxygen atoms in total. The fraction of sp³-hybridized carbons (Fsp3) is 0.421. The molecule has 1 aromatic heterocycles. The molecular formula is C19H24N2O4S. The molecule has 1 heterocycles. The number of rotatable bonds is 8. The lowest BCUT2D eigenvalue weighted by Gasteiger charge is -2.12. The number of esters is 1. The third-order valence-electron chi connectivity index (χ3n) is 4.01. The molecule has 0 aliphatic heterocycles. The van der Waals surface area contributed by atoms with Crippen LogP contribution in [0.1, 0.15) is 47.6 Å². The summed E-state index contributed by atoms with van der Waals surface area (Å²) in [6.45, 7) is 7.35. The number of hydrogen-bond acceptors (Lipinski definition) is 6. The first-order chi connectivity index (χ1) is 12.4. The SMILES string of the molecule is CC[C@@H](C)NC(=O)COC(=O)c1ccccc1SCc1c(C)noc1C. The van der Waals surface area contributed by atoms with Gasteiger partial charge in [0.2, 0.25) is 0 Å². The first-order valence-electron chi connectivity index (χ1n) is 8.52. The molecule has 7 heteroatoms. The number of ether oxygens (including phenoxy) is 1. The first-order valence-corrected chi connectivity index (χ1v) is 9.51. The van der Waals surface area contributed by atoms with Gasteiger partial charge in [-0.1, -0.05) is 24.2 Å². The van der Waals surface area contributed by atoms with Gasteiger partial charge >= 0.3 is 5.97 Å². The van der Waals surface area contributed by atoms with Gasteiger partial charge < -0.3 is 14.6 Å². The van der Waals surface area contributed by atoms with E-state index in [1.807, 2.05) is 39.8 Å². The molecule has 0 radical (unpaired) electrons. The van der Waals surface area contributed by atoms with Gasteiger partial charge in [-0.2, -0.15) is 0 Å². The zero-order chi connectivity index (χ0) is 19.1. The van der Waals surface area contributed by atoms with Gasteiger partial charge in [0.05, 0.1) is 11.3 Å². The Hall–Kier alpha value is -2.28. The van der Waals surface area contributed by atoms with Crippen molar-refractivity contribution < 1.29 is 18.8 Å². The molecule has 1 atom stereocenters. The van der Waals surface area contributed by atoms with Crippen LogP contribution in [0, 0.1) is 13.8 Å². The van der Waals surface area contributed by atoms with Gasteiger partial charge in [0.15, 0.2) is 6.61 Å². The number of aromatic nitrogens is 1. The quantitative estimate of drug-likeness (QED) is 0.559. The predicted octanol–water partition coefficient (Wildman–Crippen LogP) is 3.66. The Kier molecular flexibility index (Phi) is 7.26. The average Bonchev–Trinajstić information content (AvgIpc) is 2.96. The number of amides is 1. The number of carbonyl (C=O) groups is 2. The van der Waals surface area contributed by atoms with Crippen molar-refractivity contribution in [2.45, 2.75) is 50.8 Å². The van der Waals surface area contributed by atoms with Crippen molar-refractivity contribution in [3.8, 4) is 0 Å². The molecule has 0 spiro atoms. The largest absolute Gasteiger partial charge is 0.452 e. The Morgan fingerprint density at radius 2 is 2.04 bits per heavy atom. The molecule has 2 rings (SSSR count). The highest BCUT2D eigenvalue weighted by Gasteiger charge is 2.16. The lowest BCUT2D eigenvalue weighted by Crippen LogP contribution is -2.35. The number of aryl methyl sites for hydroxylation is 2. The number of nitrogens with zero attached hydrogens (tertiary/aromatic N) is 1. The molecule has 1 amide bonds. The Bertz CT molecular complexity index is 753. The fourth-order valence-corrected chi connectivity index (χ4v) is 3.44. The maximum Gasteiger partial charge on any atom is 0.339 e. The highest BCUT2D eigenvalue weighted by molar-refractivity contribution is 7.98. The zero-order valence-electron chi connectivity index (χ0n) is 15.5.